The first-order chi connectivity index (χ1) is 9.52. The van der Waals surface area contributed by atoms with Gasteiger partial charge in [-0.2, -0.15) is 0 Å². The first-order valence-electron chi connectivity index (χ1n) is 6.42. The van der Waals surface area contributed by atoms with Crippen LogP contribution in [0.15, 0.2) is 18.2 Å². The molecule has 6 N–H and O–H groups in total. The highest BCUT2D eigenvalue weighted by Gasteiger charge is 2.06. The van der Waals surface area contributed by atoms with Crippen LogP contribution in [-0.4, -0.2) is 43.3 Å². The maximum Gasteiger partial charge on any atom is 0.216 e. The van der Waals surface area contributed by atoms with Crippen LogP contribution in [0.3, 0.4) is 0 Å². The molecular formula is C13H21FN4O2. The predicted octanol–water partition coefficient (Wildman–Crippen LogP) is 0.105. The van der Waals surface area contributed by atoms with Crippen molar-refractivity contribution in [2.45, 2.75) is 13.0 Å². The van der Waals surface area contributed by atoms with Crippen molar-refractivity contribution in [3.05, 3.63) is 24.0 Å². The summed E-state index contributed by atoms with van der Waals surface area (Å²) in [6, 6.07) is 4.64. The average Bonchev–Trinajstić information content (AvgIpc) is 2.41. The number of rotatable bonds is 8. The van der Waals surface area contributed by atoms with Gasteiger partial charge in [0.25, 0.3) is 0 Å². The number of halogens is 1. The minimum Gasteiger partial charge on any atom is -0.389 e. The SMILES string of the molecule is CC(=O)NC[C@H](O)CNc1ccc(NCCN)c(F)c1. The highest BCUT2D eigenvalue weighted by atomic mass is 19.1. The molecule has 0 saturated heterocycles. The molecule has 0 aromatic heterocycles. The highest BCUT2D eigenvalue weighted by Crippen LogP contribution is 2.18. The Balaban J connectivity index is 2.44. The van der Waals surface area contributed by atoms with Crippen molar-refractivity contribution in [1.82, 2.24) is 5.32 Å². The van der Waals surface area contributed by atoms with E-state index in [2.05, 4.69) is 16.0 Å². The van der Waals surface area contributed by atoms with Gasteiger partial charge in [0, 0.05) is 38.8 Å². The second-order valence-electron chi connectivity index (χ2n) is 4.38. The predicted molar refractivity (Wildman–Crippen MR) is 77.1 cm³/mol. The number of benzene rings is 1. The first-order valence-corrected chi connectivity index (χ1v) is 6.42. The minimum atomic E-state index is -0.739. The summed E-state index contributed by atoms with van der Waals surface area (Å²) in [5, 5.41) is 17.9. The molecule has 0 fully saturated rings. The molecule has 1 aromatic rings. The molecule has 112 valence electrons. The van der Waals surface area contributed by atoms with E-state index < -0.39 is 6.10 Å². The van der Waals surface area contributed by atoms with Gasteiger partial charge in [-0.05, 0) is 18.2 Å². The molecular weight excluding hydrogens is 263 g/mol. The van der Waals surface area contributed by atoms with Crippen LogP contribution in [-0.2, 0) is 4.79 Å². The minimum absolute atomic E-state index is 0.154. The van der Waals surface area contributed by atoms with Crippen LogP contribution in [0.25, 0.3) is 0 Å². The summed E-state index contributed by atoms with van der Waals surface area (Å²) in [4.78, 5) is 10.7. The van der Waals surface area contributed by atoms with Gasteiger partial charge in [0.05, 0.1) is 11.8 Å². The Morgan fingerprint density at radius 3 is 2.75 bits per heavy atom. The van der Waals surface area contributed by atoms with E-state index in [4.69, 9.17) is 5.73 Å². The number of hydrogen-bond acceptors (Lipinski definition) is 5. The number of aliphatic hydroxyl groups excluding tert-OH is 1. The van der Waals surface area contributed by atoms with Gasteiger partial charge in [-0.3, -0.25) is 4.79 Å². The summed E-state index contributed by atoms with van der Waals surface area (Å²) in [6.07, 6.45) is -0.739. The quantitative estimate of drug-likeness (QED) is 0.466. The summed E-state index contributed by atoms with van der Waals surface area (Å²) in [7, 11) is 0. The zero-order chi connectivity index (χ0) is 15.0. The summed E-state index contributed by atoms with van der Waals surface area (Å²) in [6.45, 7) is 2.67. The largest absolute Gasteiger partial charge is 0.389 e. The summed E-state index contributed by atoms with van der Waals surface area (Å²) >= 11 is 0. The molecule has 0 aliphatic rings. The molecule has 0 aliphatic heterocycles. The molecule has 0 saturated carbocycles. The molecule has 0 spiro atoms. The van der Waals surface area contributed by atoms with Crippen LogP contribution in [0, 0.1) is 5.82 Å². The van der Waals surface area contributed by atoms with Gasteiger partial charge in [0.15, 0.2) is 0 Å². The van der Waals surface area contributed by atoms with Crippen LogP contribution >= 0.6 is 0 Å². The third-order valence-electron chi connectivity index (χ3n) is 2.56. The lowest BCUT2D eigenvalue weighted by molar-refractivity contribution is -0.119. The molecule has 0 aliphatic carbocycles. The Kier molecular flexibility index (Phi) is 6.75. The summed E-state index contributed by atoms with van der Waals surface area (Å²) in [5.41, 5.74) is 6.28. The van der Waals surface area contributed by atoms with Gasteiger partial charge in [-0.15, -0.1) is 0 Å². The van der Waals surface area contributed by atoms with E-state index in [1.54, 1.807) is 12.1 Å². The topological polar surface area (TPSA) is 99.4 Å². The van der Waals surface area contributed by atoms with E-state index in [1.807, 2.05) is 0 Å². The van der Waals surface area contributed by atoms with Crippen LogP contribution in [0.4, 0.5) is 15.8 Å². The van der Waals surface area contributed by atoms with Crippen LogP contribution in [0.2, 0.25) is 0 Å². The molecule has 1 atom stereocenters. The Hall–Kier alpha value is -1.86. The number of carbonyl (C=O) groups is 1. The summed E-state index contributed by atoms with van der Waals surface area (Å²) < 4.78 is 13.7. The van der Waals surface area contributed by atoms with Crippen molar-refractivity contribution in [2.24, 2.45) is 5.73 Å². The van der Waals surface area contributed by atoms with Gasteiger partial charge in [-0.25, -0.2) is 4.39 Å². The van der Waals surface area contributed by atoms with E-state index in [-0.39, 0.29) is 24.8 Å². The molecule has 0 bridgehead atoms. The second kappa shape index (κ2) is 8.34. The van der Waals surface area contributed by atoms with Crippen molar-refractivity contribution >= 4 is 17.3 Å². The van der Waals surface area contributed by atoms with E-state index in [0.29, 0.717) is 24.5 Å². The zero-order valence-corrected chi connectivity index (χ0v) is 11.4. The highest BCUT2D eigenvalue weighted by molar-refractivity contribution is 5.72. The fourth-order valence-corrected chi connectivity index (χ4v) is 1.54. The molecule has 0 radical (unpaired) electrons. The fourth-order valence-electron chi connectivity index (χ4n) is 1.54. The first kappa shape index (κ1) is 16.2. The molecule has 7 heteroatoms. The lowest BCUT2D eigenvalue weighted by atomic mass is 10.2. The number of nitrogens with one attached hydrogen (secondary N) is 3. The van der Waals surface area contributed by atoms with Crippen molar-refractivity contribution in [2.75, 3.05) is 36.8 Å². The summed E-state index contributed by atoms with van der Waals surface area (Å²) in [5.74, 6) is -0.592. The normalized spacial score (nSPS) is 11.8. The van der Waals surface area contributed by atoms with E-state index >= 15 is 0 Å². The fraction of sp³-hybridized carbons (Fsp3) is 0.462. The Morgan fingerprint density at radius 1 is 1.40 bits per heavy atom. The van der Waals surface area contributed by atoms with E-state index in [9.17, 15) is 14.3 Å². The van der Waals surface area contributed by atoms with Gasteiger partial charge in [0.2, 0.25) is 5.91 Å². The number of nitrogens with two attached hydrogens (primary N) is 1. The molecule has 0 heterocycles. The average molecular weight is 284 g/mol. The monoisotopic (exact) mass is 284 g/mol. The number of hydrogen-bond donors (Lipinski definition) is 5. The van der Waals surface area contributed by atoms with Gasteiger partial charge in [-0.1, -0.05) is 0 Å². The maximum absolute atomic E-state index is 13.7. The molecule has 0 unspecified atom stereocenters. The number of anilines is 2. The Labute approximate surface area is 117 Å². The Bertz CT molecular complexity index is 442. The van der Waals surface area contributed by atoms with Gasteiger partial charge < -0.3 is 26.8 Å². The van der Waals surface area contributed by atoms with E-state index in [1.165, 1.54) is 13.0 Å². The smallest absolute Gasteiger partial charge is 0.216 e. The third-order valence-corrected chi connectivity index (χ3v) is 2.56. The molecule has 6 nitrogen and oxygen atoms in total. The van der Waals surface area contributed by atoms with Crippen LogP contribution in [0.1, 0.15) is 6.92 Å². The van der Waals surface area contributed by atoms with Crippen LogP contribution < -0.4 is 21.7 Å². The van der Waals surface area contributed by atoms with E-state index in [0.717, 1.165) is 0 Å². The molecule has 1 aromatic carbocycles. The lowest BCUT2D eigenvalue weighted by Crippen LogP contribution is -2.34. The molecule has 1 amide bonds. The number of carbonyl (C=O) groups excluding carboxylic acids is 1. The van der Waals surface area contributed by atoms with Gasteiger partial charge in [0.1, 0.15) is 5.82 Å². The second-order valence-corrected chi connectivity index (χ2v) is 4.38. The lowest BCUT2D eigenvalue weighted by Gasteiger charge is -2.14. The van der Waals surface area contributed by atoms with Crippen LogP contribution in [0.5, 0.6) is 0 Å². The molecule has 20 heavy (non-hydrogen) atoms. The number of amides is 1. The Morgan fingerprint density at radius 2 is 2.15 bits per heavy atom. The molecule has 1 rings (SSSR count). The van der Waals surface area contributed by atoms with Crippen molar-refractivity contribution in [3.8, 4) is 0 Å². The zero-order valence-electron chi connectivity index (χ0n) is 11.4. The van der Waals surface area contributed by atoms with Crippen molar-refractivity contribution in [1.29, 1.82) is 0 Å². The van der Waals surface area contributed by atoms with Crippen molar-refractivity contribution < 1.29 is 14.3 Å². The standard InChI is InChI=1S/C13H21FN4O2/c1-9(19)17-7-11(20)8-18-10-2-3-13(12(14)6-10)16-5-4-15/h2-3,6,11,16,18,20H,4-5,7-8,15H2,1H3,(H,17,19)/t11-/m0/s1. The maximum atomic E-state index is 13.7. The number of aliphatic hydroxyl groups is 1. The van der Waals surface area contributed by atoms with Crippen molar-refractivity contribution in [3.63, 3.8) is 0 Å². The van der Waals surface area contributed by atoms with Gasteiger partial charge >= 0.3 is 0 Å². The third kappa shape index (κ3) is 5.85.